The van der Waals surface area contributed by atoms with E-state index in [0.717, 1.165) is 44.9 Å². The van der Waals surface area contributed by atoms with Gasteiger partial charge in [0, 0.05) is 19.1 Å². The van der Waals surface area contributed by atoms with E-state index in [0.29, 0.717) is 25.6 Å². The van der Waals surface area contributed by atoms with Crippen molar-refractivity contribution in [2.45, 2.75) is 51.0 Å². The molecule has 2 aliphatic rings. The highest BCUT2D eigenvalue weighted by atomic mass is 35.5. The predicted octanol–water partition coefficient (Wildman–Crippen LogP) is 1.25. The minimum absolute atomic E-state index is 0. The van der Waals surface area contributed by atoms with E-state index in [-0.39, 0.29) is 18.4 Å². The Morgan fingerprint density at radius 3 is 2.26 bits per heavy atom. The lowest BCUT2D eigenvalue weighted by atomic mass is 10.1. The van der Waals surface area contributed by atoms with Gasteiger partial charge in [0.1, 0.15) is 0 Å². The molecule has 0 aromatic rings. The van der Waals surface area contributed by atoms with Gasteiger partial charge in [-0.2, -0.15) is 17.4 Å². The van der Waals surface area contributed by atoms with Crippen molar-refractivity contribution in [2.75, 3.05) is 19.6 Å². The fourth-order valence-electron chi connectivity index (χ4n) is 3.02. The van der Waals surface area contributed by atoms with Crippen molar-refractivity contribution in [3.8, 4) is 0 Å². The van der Waals surface area contributed by atoms with Crippen LogP contribution < -0.4 is 10.5 Å². The van der Waals surface area contributed by atoms with Crippen LogP contribution in [0, 0.1) is 5.92 Å². The lowest BCUT2D eigenvalue weighted by Gasteiger charge is -2.25. The number of nitrogens with zero attached hydrogens (tertiary/aromatic N) is 1. The predicted molar refractivity (Wildman–Crippen MR) is 79.5 cm³/mol. The third-order valence-electron chi connectivity index (χ3n) is 4.17. The van der Waals surface area contributed by atoms with Crippen LogP contribution in [0.1, 0.15) is 44.9 Å². The van der Waals surface area contributed by atoms with Crippen LogP contribution in [0.5, 0.6) is 0 Å². The summed E-state index contributed by atoms with van der Waals surface area (Å²) in [5, 5.41) is 0. The highest BCUT2D eigenvalue weighted by Gasteiger charge is 2.32. The summed E-state index contributed by atoms with van der Waals surface area (Å²) in [4.78, 5) is 0. The minimum atomic E-state index is -3.31. The van der Waals surface area contributed by atoms with Crippen molar-refractivity contribution >= 4 is 22.6 Å². The fourth-order valence-corrected chi connectivity index (χ4v) is 4.60. The Morgan fingerprint density at radius 2 is 1.68 bits per heavy atom. The van der Waals surface area contributed by atoms with Crippen LogP contribution in [-0.4, -0.2) is 38.4 Å². The van der Waals surface area contributed by atoms with Gasteiger partial charge in [0.25, 0.3) is 10.2 Å². The van der Waals surface area contributed by atoms with E-state index in [2.05, 4.69) is 4.72 Å². The molecule has 0 amide bonds. The molecule has 114 valence electrons. The third-order valence-corrected chi connectivity index (χ3v) is 5.81. The first-order chi connectivity index (χ1) is 8.63. The molecule has 2 unspecified atom stereocenters. The topological polar surface area (TPSA) is 75.4 Å². The van der Waals surface area contributed by atoms with Gasteiger partial charge in [-0.3, -0.25) is 0 Å². The fraction of sp³-hybridized carbons (Fsp3) is 1.00. The Bertz CT molecular complexity index is 356. The number of hydrogen-bond acceptors (Lipinski definition) is 3. The first-order valence-electron chi connectivity index (χ1n) is 7.11. The van der Waals surface area contributed by atoms with E-state index in [1.54, 1.807) is 4.31 Å². The SMILES string of the molecule is Cl.NCC1CCCC1NS(=O)(=O)N1CCCCCC1. The summed E-state index contributed by atoms with van der Waals surface area (Å²) in [6.07, 6.45) is 7.28. The van der Waals surface area contributed by atoms with Crippen LogP contribution in [-0.2, 0) is 10.2 Å². The zero-order valence-corrected chi connectivity index (χ0v) is 13.0. The molecule has 0 bridgehead atoms. The monoisotopic (exact) mass is 311 g/mol. The van der Waals surface area contributed by atoms with Crippen LogP contribution in [0.3, 0.4) is 0 Å². The standard InChI is InChI=1S/C12H25N3O2S.ClH/c13-10-11-6-5-7-12(11)14-18(16,17)15-8-3-1-2-4-9-15;/h11-12,14H,1-10,13H2;1H. The highest BCUT2D eigenvalue weighted by Crippen LogP contribution is 2.25. The van der Waals surface area contributed by atoms with Crippen LogP contribution in [0.15, 0.2) is 0 Å². The molecule has 19 heavy (non-hydrogen) atoms. The maximum Gasteiger partial charge on any atom is 0.279 e. The molecule has 1 saturated carbocycles. The summed E-state index contributed by atoms with van der Waals surface area (Å²) in [7, 11) is -3.31. The Morgan fingerprint density at radius 1 is 1.05 bits per heavy atom. The van der Waals surface area contributed by atoms with Gasteiger partial charge in [-0.25, -0.2) is 0 Å². The van der Waals surface area contributed by atoms with Crippen LogP contribution in [0.25, 0.3) is 0 Å². The van der Waals surface area contributed by atoms with Crippen LogP contribution >= 0.6 is 12.4 Å². The quantitative estimate of drug-likeness (QED) is 0.820. The molecule has 1 aliphatic heterocycles. The second kappa shape index (κ2) is 7.78. The molecule has 1 heterocycles. The molecule has 1 saturated heterocycles. The van der Waals surface area contributed by atoms with Crippen molar-refractivity contribution in [3.63, 3.8) is 0 Å². The minimum Gasteiger partial charge on any atom is -0.330 e. The van der Waals surface area contributed by atoms with E-state index in [4.69, 9.17) is 5.73 Å². The molecule has 0 spiro atoms. The van der Waals surface area contributed by atoms with E-state index in [1.807, 2.05) is 0 Å². The third kappa shape index (κ3) is 4.56. The summed E-state index contributed by atoms with van der Waals surface area (Å²) in [6.45, 7) is 1.90. The Kier molecular flexibility index (Phi) is 7.04. The van der Waals surface area contributed by atoms with Crippen molar-refractivity contribution in [2.24, 2.45) is 11.7 Å². The van der Waals surface area contributed by atoms with Crippen molar-refractivity contribution in [3.05, 3.63) is 0 Å². The van der Waals surface area contributed by atoms with Gasteiger partial charge in [-0.05, 0) is 38.1 Å². The largest absolute Gasteiger partial charge is 0.330 e. The number of halogens is 1. The molecule has 7 heteroatoms. The normalized spacial score (nSPS) is 29.7. The Labute approximate surface area is 122 Å². The summed E-state index contributed by atoms with van der Waals surface area (Å²) >= 11 is 0. The molecule has 0 aromatic heterocycles. The van der Waals surface area contributed by atoms with E-state index >= 15 is 0 Å². The molecule has 2 atom stereocenters. The molecular weight excluding hydrogens is 286 g/mol. The van der Waals surface area contributed by atoms with Gasteiger partial charge in [-0.15, -0.1) is 12.4 Å². The van der Waals surface area contributed by atoms with E-state index < -0.39 is 10.2 Å². The molecule has 2 rings (SSSR count). The second-order valence-electron chi connectivity index (χ2n) is 5.47. The van der Waals surface area contributed by atoms with E-state index in [1.165, 1.54) is 0 Å². The van der Waals surface area contributed by atoms with Gasteiger partial charge >= 0.3 is 0 Å². The van der Waals surface area contributed by atoms with Crippen molar-refractivity contribution in [1.29, 1.82) is 0 Å². The first kappa shape index (κ1) is 17.2. The zero-order chi connectivity index (χ0) is 13.0. The molecule has 0 aromatic carbocycles. The molecule has 5 nitrogen and oxygen atoms in total. The van der Waals surface area contributed by atoms with Gasteiger partial charge in [0.15, 0.2) is 0 Å². The highest BCUT2D eigenvalue weighted by molar-refractivity contribution is 7.87. The number of nitrogens with one attached hydrogen (secondary N) is 1. The molecule has 0 radical (unpaired) electrons. The molecule has 1 aliphatic carbocycles. The number of nitrogens with two attached hydrogens (primary N) is 1. The summed E-state index contributed by atoms with van der Waals surface area (Å²) in [5.41, 5.74) is 5.70. The first-order valence-corrected chi connectivity index (χ1v) is 8.55. The van der Waals surface area contributed by atoms with Crippen molar-refractivity contribution in [1.82, 2.24) is 9.03 Å². The Balaban J connectivity index is 0.00000180. The maximum absolute atomic E-state index is 12.3. The lowest BCUT2D eigenvalue weighted by molar-refractivity contribution is 0.390. The average Bonchev–Trinajstić information content (AvgIpc) is 2.62. The van der Waals surface area contributed by atoms with E-state index in [9.17, 15) is 8.42 Å². The lowest BCUT2D eigenvalue weighted by Crippen LogP contribution is -2.47. The number of rotatable bonds is 4. The zero-order valence-electron chi connectivity index (χ0n) is 11.4. The van der Waals surface area contributed by atoms with Gasteiger partial charge in [0.2, 0.25) is 0 Å². The Hall–Kier alpha value is 0.120. The summed E-state index contributed by atoms with van der Waals surface area (Å²) in [6, 6.07) is 0.0447. The molecule has 2 fully saturated rings. The van der Waals surface area contributed by atoms with Gasteiger partial charge in [0.05, 0.1) is 0 Å². The molecule has 3 N–H and O–H groups in total. The van der Waals surface area contributed by atoms with Crippen molar-refractivity contribution < 1.29 is 8.42 Å². The maximum atomic E-state index is 12.3. The van der Waals surface area contributed by atoms with Gasteiger partial charge < -0.3 is 5.73 Å². The summed E-state index contributed by atoms with van der Waals surface area (Å²) < 4.78 is 29.1. The summed E-state index contributed by atoms with van der Waals surface area (Å²) in [5.74, 6) is 0.312. The smallest absolute Gasteiger partial charge is 0.279 e. The second-order valence-corrected chi connectivity index (χ2v) is 7.17. The average molecular weight is 312 g/mol. The van der Waals surface area contributed by atoms with Crippen LogP contribution in [0.4, 0.5) is 0 Å². The van der Waals surface area contributed by atoms with Gasteiger partial charge in [-0.1, -0.05) is 19.3 Å². The number of hydrogen-bond donors (Lipinski definition) is 2. The van der Waals surface area contributed by atoms with Crippen LogP contribution in [0.2, 0.25) is 0 Å². The molecular formula is C12H26ClN3O2S.